The van der Waals surface area contributed by atoms with Gasteiger partial charge < -0.3 is 9.47 Å². The Hall–Kier alpha value is -0.610. The van der Waals surface area contributed by atoms with E-state index < -0.39 is 5.72 Å². The molecule has 0 amide bonds. The standard InChI is InChI=1S/C12H23NO3/c1-5-12(16-7-3,13-9-10(13)4)8-11(14)15-6-2/h10H,5-9H2,1-4H3. The highest BCUT2D eigenvalue weighted by Crippen LogP contribution is 2.36. The van der Waals surface area contributed by atoms with Crippen LogP contribution >= 0.6 is 0 Å². The lowest BCUT2D eigenvalue weighted by Crippen LogP contribution is -2.43. The van der Waals surface area contributed by atoms with Crippen molar-refractivity contribution in [3.8, 4) is 0 Å². The van der Waals surface area contributed by atoms with Crippen LogP contribution in [0.3, 0.4) is 0 Å². The van der Waals surface area contributed by atoms with Gasteiger partial charge in [-0.05, 0) is 27.2 Å². The van der Waals surface area contributed by atoms with Crippen molar-refractivity contribution in [1.82, 2.24) is 4.90 Å². The maximum Gasteiger partial charge on any atom is 0.310 e. The molecule has 0 aromatic rings. The van der Waals surface area contributed by atoms with Crippen LogP contribution in [0.2, 0.25) is 0 Å². The zero-order chi connectivity index (χ0) is 12.2. The highest BCUT2D eigenvalue weighted by molar-refractivity contribution is 5.70. The highest BCUT2D eigenvalue weighted by Gasteiger charge is 2.48. The van der Waals surface area contributed by atoms with Crippen molar-refractivity contribution in [3.63, 3.8) is 0 Å². The maximum atomic E-state index is 11.6. The lowest BCUT2D eigenvalue weighted by atomic mass is 10.1. The lowest BCUT2D eigenvalue weighted by Gasteiger charge is -2.33. The largest absolute Gasteiger partial charge is 0.466 e. The maximum absolute atomic E-state index is 11.6. The molecule has 0 saturated carbocycles. The van der Waals surface area contributed by atoms with Gasteiger partial charge in [0.1, 0.15) is 5.72 Å². The van der Waals surface area contributed by atoms with E-state index in [1.54, 1.807) is 0 Å². The Morgan fingerprint density at radius 2 is 2.00 bits per heavy atom. The molecule has 1 fully saturated rings. The van der Waals surface area contributed by atoms with Crippen LogP contribution in [0.4, 0.5) is 0 Å². The quantitative estimate of drug-likeness (QED) is 0.493. The van der Waals surface area contributed by atoms with Gasteiger partial charge in [-0.1, -0.05) is 6.92 Å². The van der Waals surface area contributed by atoms with Crippen LogP contribution in [0.25, 0.3) is 0 Å². The third kappa shape index (κ3) is 2.95. The Morgan fingerprint density at radius 3 is 2.38 bits per heavy atom. The minimum atomic E-state index is -0.444. The molecule has 3 atom stereocenters. The molecule has 1 heterocycles. The fraction of sp³-hybridized carbons (Fsp3) is 0.917. The molecule has 0 bridgehead atoms. The number of esters is 1. The molecule has 94 valence electrons. The molecular formula is C12H23NO3. The molecule has 0 spiro atoms. The zero-order valence-electron chi connectivity index (χ0n) is 10.8. The van der Waals surface area contributed by atoms with E-state index in [2.05, 4.69) is 18.7 Å². The number of hydrogen-bond acceptors (Lipinski definition) is 4. The third-order valence-corrected chi connectivity index (χ3v) is 3.07. The number of hydrogen-bond donors (Lipinski definition) is 0. The van der Waals surface area contributed by atoms with Gasteiger partial charge in [0.15, 0.2) is 0 Å². The van der Waals surface area contributed by atoms with Gasteiger partial charge in [-0.25, -0.2) is 0 Å². The predicted molar refractivity (Wildman–Crippen MR) is 62.1 cm³/mol. The SMILES string of the molecule is CCOC(=O)CC(CC)(OCC)N1CC1C. The van der Waals surface area contributed by atoms with Gasteiger partial charge in [-0.2, -0.15) is 0 Å². The molecule has 0 radical (unpaired) electrons. The van der Waals surface area contributed by atoms with Gasteiger partial charge in [0.25, 0.3) is 0 Å². The van der Waals surface area contributed by atoms with Crippen molar-refractivity contribution in [2.24, 2.45) is 0 Å². The van der Waals surface area contributed by atoms with Gasteiger partial charge in [-0.15, -0.1) is 0 Å². The second-order valence-electron chi connectivity index (χ2n) is 4.22. The molecule has 1 saturated heterocycles. The first-order valence-corrected chi connectivity index (χ1v) is 6.16. The van der Waals surface area contributed by atoms with E-state index in [1.165, 1.54) is 0 Å². The van der Waals surface area contributed by atoms with Crippen molar-refractivity contribution in [3.05, 3.63) is 0 Å². The van der Waals surface area contributed by atoms with Crippen molar-refractivity contribution in [1.29, 1.82) is 0 Å². The first kappa shape index (κ1) is 13.5. The molecule has 4 heteroatoms. The van der Waals surface area contributed by atoms with E-state index in [0.29, 0.717) is 25.7 Å². The summed E-state index contributed by atoms with van der Waals surface area (Å²) in [7, 11) is 0. The van der Waals surface area contributed by atoms with Crippen LogP contribution < -0.4 is 0 Å². The van der Waals surface area contributed by atoms with Crippen molar-refractivity contribution in [2.75, 3.05) is 19.8 Å². The summed E-state index contributed by atoms with van der Waals surface area (Å²) in [5, 5.41) is 0. The molecule has 1 rings (SSSR count). The van der Waals surface area contributed by atoms with Gasteiger partial charge in [0, 0.05) is 19.2 Å². The number of ether oxygens (including phenoxy) is 2. The lowest BCUT2D eigenvalue weighted by molar-refractivity contribution is -0.164. The Labute approximate surface area is 97.9 Å². The van der Waals surface area contributed by atoms with E-state index in [9.17, 15) is 4.79 Å². The molecule has 0 aliphatic carbocycles. The topological polar surface area (TPSA) is 38.5 Å². The summed E-state index contributed by atoms with van der Waals surface area (Å²) in [6.45, 7) is 10.1. The van der Waals surface area contributed by atoms with E-state index in [4.69, 9.17) is 9.47 Å². The van der Waals surface area contributed by atoms with E-state index >= 15 is 0 Å². The number of nitrogens with zero attached hydrogens (tertiary/aromatic N) is 1. The van der Waals surface area contributed by atoms with Gasteiger partial charge >= 0.3 is 5.97 Å². The first-order valence-electron chi connectivity index (χ1n) is 6.16. The number of carbonyl (C=O) groups excluding carboxylic acids is 1. The zero-order valence-corrected chi connectivity index (χ0v) is 10.8. The Bertz CT molecular complexity index is 244. The normalized spacial score (nSPS) is 27.2. The first-order chi connectivity index (χ1) is 7.59. The molecule has 3 unspecified atom stereocenters. The fourth-order valence-electron chi connectivity index (χ4n) is 2.18. The summed E-state index contributed by atoms with van der Waals surface area (Å²) in [4.78, 5) is 13.8. The van der Waals surface area contributed by atoms with Crippen LogP contribution in [0, 0.1) is 0 Å². The summed E-state index contributed by atoms with van der Waals surface area (Å²) >= 11 is 0. The van der Waals surface area contributed by atoms with Crippen molar-refractivity contribution >= 4 is 5.97 Å². The predicted octanol–water partition coefficient (Wildman–Crippen LogP) is 1.79. The summed E-state index contributed by atoms with van der Waals surface area (Å²) in [5.74, 6) is -0.170. The van der Waals surface area contributed by atoms with Crippen LogP contribution in [-0.2, 0) is 14.3 Å². The molecule has 0 aromatic carbocycles. The second-order valence-corrected chi connectivity index (χ2v) is 4.22. The van der Waals surface area contributed by atoms with Crippen LogP contribution in [0.5, 0.6) is 0 Å². The molecular weight excluding hydrogens is 206 g/mol. The molecule has 0 N–H and O–H groups in total. The second kappa shape index (κ2) is 5.64. The third-order valence-electron chi connectivity index (χ3n) is 3.07. The van der Waals surface area contributed by atoms with E-state index in [1.807, 2.05) is 13.8 Å². The van der Waals surface area contributed by atoms with Crippen LogP contribution in [-0.4, -0.2) is 42.4 Å². The Kier molecular flexibility index (Phi) is 4.74. The van der Waals surface area contributed by atoms with Crippen LogP contribution in [0.15, 0.2) is 0 Å². The van der Waals surface area contributed by atoms with E-state index in [0.717, 1.165) is 13.0 Å². The molecule has 4 nitrogen and oxygen atoms in total. The average Bonchev–Trinajstić information content (AvgIpc) is 2.96. The minimum absolute atomic E-state index is 0.170. The molecule has 1 aliphatic heterocycles. The van der Waals surface area contributed by atoms with Gasteiger partial charge in [0.05, 0.1) is 13.0 Å². The summed E-state index contributed by atoms with van der Waals surface area (Å²) < 4.78 is 10.8. The minimum Gasteiger partial charge on any atom is -0.466 e. The highest BCUT2D eigenvalue weighted by atomic mass is 16.5. The van der Waals surface area contributed by atoms with Gasteiger partial charge in [-0.3, -0.25) is 9.69 Å². The van der Waals surface area contributed by atoms with Crippen LogP contribution in [0.1, 0.15) is 40.5 Å². The number of rotatable bonds is 7. The summed E-state index contributed by atoms with van der Waals surface area (Å²) in [6, 6.07) is 0.515. The molecule has 16 heavy (non-hydrogen) atoms. The summed E-state index contributed by atoms with van der Waals surface area (Å²) in [5.41, 5.74) is -0.444. The monoisotopic (exact) mass is 229 g/mol. The Morgan fingerprint density at radius 1 is 1.38 bits per heavy atom. The average molecular weight is 229 g/mol. The molecule has 0 aromatic heterocycles. The summed E-state index contributed by atoms with van der Waals surface area (Å²) in [6.07, 6.45) is 1.14. The van der Waals surface area contributed by atoms with E-state index in [-0.39, 0.29) is 5.97 Å². The number of carbonyl (C=O) groups is 1. The van der Waals surface area contributed by atoms with Crippen molar-refractivity contribution < 1.29 is 14.3 Å². The Balaban J connectivity index is 2.65. The smallest absolute Gasteiger partial charge is 0.310 e. The molecule has 1 aliphatic rings. The van der Waals surface area contributed by atoms with Crippen molar-refractivity contribution in [2.45, 2.75) is 52.3 Å². The fourth-order valence-corrected chi connectivity index (χ4v) is 2.18. The van der Waals surface area contributed by atoms with Gasteiger partial charge in [0.2, 0.25) is 0 Å².